The highest BCUT2D eigenvalue weighted by atomic mass is 16.3. The van der Waals surface area contributed by atoms with Gasteiger partial charge >= 0.3 is 0 Å². The van der Waals surface area contributed by atoms with Crippen LogP contribution in [-0.4, -0.2) is 6.04 Å². The summed E-state index contributed by atoms with van der Waals surface area (Å²) in [5.74, 6) is 1.47. The van der Waals surface area contributed by atoms with Crippen LogP contribution in [0, 0.1) is 22.2 Å². The fraction of sp³-hybridized carbons (Fsp3) is 1.00. The van der Waals surface area contributed by atoms with E-state index in [1.807, 2.05) is 0 Å². The van der Waals surface area contributed by atoms with Crippen molar-refractivity contribution < 1.29 is 0 Å². The van der Waals surface area contributed by atoms with Gasteiger partial charge in [0.2, 0.25) is 0 Å². The highest BCUT2D eigenvalue weighted by Crippen LogP contribution is 2.69. The van der Waals surface area contributed by atoms with Gasteiger partial charge < -0.3 is 0 Å². The fourth-order valence-corrected chi connectivity index (χ4v) is 3.06. The van der Waals surface area contributed by atoms with Crippen LogP contribution in [0.5, 0.6) is 0 Å². The highest BCUT2D eigenvalue weighted by molar-refractivity contribution is 5.15. The third kappa shape index (κ3) is 0.728. The molecule has 4 unspecified atom stereocenters. The Kier molecular flexibility index (Phi) is 1.35. The maximum absolute atomic E-state index is 10.4. The minimum atomic E-state index is 0.157. The molecule has 0 radical (unpaired) electrons. The van der Waals surface area contributed by atoms with Crippen LogP contribution in [0.3, 0.4) is 0 Å². The molecule has 11 heavy (non-hydrogen) atoms. The van der Waals surface area contributed by atoms with Crippen molar-refractivity contribution in [1.29, 1.82) is 0 Å². The monoisotopic (exact) mass is 153 g/mol. The number of hydrogen-bond acceptors (Lipinski definition) is 2. The summed E-state index contributed by atoms with van der Waals surface area (Å²) in [7, 11) is 0. The van der Waals surface area contributed by atoms with Crippen molar-refractivity contribution in [3.05, 3.63) is 4.91 Å². The van der Waals surface area contributed by atoms with E-state index in [2.05, 4.69) is 19.0 Å². The Balaban J connectivity index is 2.11. The molecular weight excluding hydrogens is 138 g/mol. The summed E-state index contributed by atoms with van der Waals surface area (Å²) in [6.07, 6.45) is 3.51. The van der Waals surface area contributed by atoms with Gasteiger partial charge in [0.25, 0.3) is 0 Å². The van der Waals surface area contributed by atoms with Crippen molar-refractivity contribution in [2.24, 2.45) is 22.4 Å². The summed E-state index contributed by atoms with van der Waals surface area (Å²) in [5, 5.41) is 3.20. The molecular formula is C9H15NO. The lowest BCUT2D eigenvalue weighted by molar-refractivity contribution is 0.383. The van der Waals surface area contributed by atoms with E-state index in [9.17, 15) is 4.91 Å². The van der Waals surface area contributed by atoms with Gasteiger partial charge in [0.1, 0.15) is 0 Å². The Morgan fingerprint density at radius 3 is 2.73 bits per heavy atom. The molecule has 0 aromatic heterocycles. The summed E-state index contributed by atoms with van der Waals surface area (Å²) < 4.78 is 0. The minimum absolute atomic E-state index is 0.157. The van der Waals surface area contributed by atoms with Crippen LogP contribution in [0.2, 0.25) is 0 Å². The summed E-state index contributed by atoms with van der Waals surface area (Å²) in [6.45, 7) is 4.53. The average Bonchev–Trinajstić information content (AvgIpc) is 2.49. The number of nitrogens with zero attached hydrogens (tertiary/aromatic N) is 1. The Hall–Kier alpha value is -0.400. The van der Waals surface area contributed by atoms with Crippen LogP contribution in [0.15, 0.2) is 5.18 Å². The minimum Gasteiger partial charge on any atom is -0.151 e. The zero-order valence-corrected chi connectivity index (χ0v) is 7.21. The molecule has 0 aromatic carbocycles. The van der Waals surface area contributed by atoms with Crippen LogP contribution in [0.4, 0.5) is 0 Å². The van der Waals surface area contributed by atoms with Crippen molar-refractivity contribution in [2.45, 2.75) is 39.2 Å². The van der Waals surface area contributed by atoms with Crippen molar-refractivity contribution in [3.63, 3.8) is 0 Å². The number of nitroso groups, excluding NO2 is 1. The van der Waals surface area contributed by atoms with E-state index in [4.69, 9.17) is 0 Å². The second kappa shape index (κ2) is 2.05. The Morgan fingerprint density at radius 1 is 1.55 bits per heavy atom. The molecule has 2 rings (SSSR count). The highest BCUT2D eigenvalue weighted by Gasteiger charge is 2.66. The third-order valence-electron chi connectivity index (χ3n) is 4.02. The quantitative estimate of drug-likeness (QED) is 0.560. The second-order valence-electron chi connectivity index (χ2n) is 4.24. The van der Waals surface area contributed by atoms with E-state index in [0.717, 1.165) is 12.3 Å². The lowest BCUT2D eigenvalue weighted by atomic mass is 9.93. The number of hydrogen-bond donors (Lipinski definition) is 0. The molecule has 0 aliphatic heterocycles. The molecule has 0 aromatic rings. The smallest absolute Gasteiger partial charge is 0.0956 e. The van der Waals surface area contributed by atoms with E-state index in [1.165, 1.54) is 12.8 Å². The zero-order valence-electron chi connectivity index (χ0n) is 7.21. The number of rotatable bonds is 2. The molecule has 2 aliphatic rings. The van der Waals surface area contributed by atoms with Gasteiger partial charge in [-0.15, -0.1) is 0 Å². The topological polar surface area (TPSA) is 29.4 Å². The van der Waals surface area contributed by atoms with Crippen LogP contribution in [0.25, 0.3) is 0 Å². The third-order valence-corrected chi connectivity index (χ3v) is 4.02. The molecule has 4 atom stereocenters. The fourth-order valence-electron chi connectivity index (χ4n) is 3.06. The lowest BCUT2D eigenvalue weighted by Crippen LogP contribution is -2.11. The van der Waals surface area contributed by atoms with E-state index < -0.39 is 0 Å². The standard InChI is InChI=1S/C9H15NO/c1-3-9(2)6-4-5-7(10-11)8(6)9/h6-8H,3-5H2,1-2H3. The van der Waals surface area contributed by atoms with Crippen LogP contribution >= 0.6 is 0 Å². The molecule has 0 spiro atoms. The van der Waals surface area contributed by atoms with Crippen molar-refractivity contribution in [2.75, 3.05) is 0 Å². The molecule has 0 bridgehead atoms. The largest absolute Gasteiger partial charge is 0.151 e. The molecule has 2 aliphatic carbocycles. The Bertz CT molecular complexity index is 192. The molecule has 0 saturated heterocycles. The molecule has 2 heteroatoms. The van der Waals surface area contributed by atoms with Crippen LogP contribution in [-0.2, 0) is 0 Å². The summed E-state index contributed by atoms with van der Waals surface area (Å²) in [5.41, 5.74) is 0.483. The normalized spacial score (nSPS) is 53.8. The maximum atomic E-state index is 10.4. The summed E-state index contributed by atoms with van der Waals surface area (Å²) in [6, 6.07) is 0.157. The van der Waals surface area contributed by atoms with Gasteiger partial charge in [0.15, 0.2) is 0 Å². The van der Waals surface area contributed by atoms with Gasteiger partial charge in [0.05, 0.1) is 6.04 Å². The molecule has 2 nitrogen and oxygen atoms in total. The van der Waals surface area contributed by atoms with Gasteiger partial charge in [-0.1, -0.05) is 25.4 Å². The van der Waals surface area contributed by atoms with Gasteiger partial charge in [-0.3, -0.25) is 0 Å². The van der Waals surface area contributed by atoms with Crippen LogP contribution < -0.4 is 0 Å². The molecule has 2 fully saturated rings. The summed E-state index contributed by atoms with van der Waals surface area (Å²) in [4.78, 5) is 10.4. The first-order chi connectivity index (χ1) is 5.24. The van der Waals surface area contributed by atoms with E-state index in [-0.39, 0.29) is 6.04 Å². The predicted molar refractivity (Wildman–Crippen MR) is 44.2 cm³/mol. The first-order valence-corrected chi connectivity index (χ1v) is 4.56. The first kappa shape index (κ1) is 7.26. The van der Waals surface area contributed by atoms with Gasteiger partial charge in [-0.25, -0.2) is 0 Å². The molecule has 0 N–H and O–H groups in total. The lowest BCUT2D eigenvalue weighted by Gasteiger charge is -2.13. The number of fused-ring (bicyclic) bond motifs is 1. The first-order valence-electron chi connectivity index (χ1n) is 4.56. The van der Waals surface area contributed by atoms with Gasteiger partial charge in [0, 0.05) is 0 Å². The van der Waals surface area contributed by atoms with E-state index in [1.54, 1.807) is 0 Å². The Morgan fingerprint density at radius 2 is 2.27 bits per heavy atom. The van der Waals surface area contributed by atoms with E-state index >= 15 is 0 Å². The zero-order chi connectivity index (χ0) is 8.06. The molecule has 0 heterocycles. The Labute approximate surface area is 67.3 Å². The maximum Gasteiger partial charge on any atom is 0.0956 e. The SMILES string of the molecule is CCC1(C)C2CCC(N=O)C21. The average molecular weight is 153 g/mol. The van der Waals surface area contributed by atoms with Crippen molar-refractivity contribution >= 4 is 0 Å². The molecule has 0 amide bonds. The summed E-state index contributed by atoms with van der Waals surface area (Å²) >= 11 is 0. The predicted octanol–water partition coefficient (Wildman–Crippen LogP) is 2.58. The van der Waals surface area contributed by atoms with Crippen molar-refractivity contribution in [3.8, 4) is 0 Å². The van der Waals surface area contributed by atoms with Crippen LogP contribution in [0.1, 0.15) is 33.1 Å². The van der Waals surface area contributed by atoms with E-state index in [0.29, 0.717) is 11.3 Å². The molecule has 2 saturated carbocycles. The van der Waals surface area contributed by atoms with Crippen molar-refractivity contribution in [1.82, 2.24) is 0 Å². The van der Waals surface area contributed by atoms with Gasteiger partial charge in [-0.2, -0.15) is 4.91 Å². The molecule has 62 valence electrons. The van der Waals surface area contributed by atoms with Gasteiger partial charge in [-0.05, 0) is 30.1 Å². The second-order valence-corrected chi connectivity index (χ2v) is 4.24.